The molecule has 0 saturated carbocycles. The highest BCUT2D eigenvalue weighted by atomic mass is 32.2. The van der Waals surface area contributed by atoms with E-state index in [4.69, 9.17) is 4.74 Å². The molecular weight excluding hydrogens is 488 g/mol. The number of amides is 2. The molecule has 0 radical (unpaired) electrons. The van der Waals surface area contributed by atoms with Crippen molar-refractivity contribution < 1.29 is 24.2 Å². The SMILES string of the molecule is C=CCN(C(=O)C1N(CCCCCO)C(=O)[C@@H]2[C@@H](C(=O)OCC)[C@@]3(C)CCC12S3)c1cc(C)ccc1C. The van der Waals surface area contributed by atoms with Crippen LogP contribution < -0.4 is 4.90 Å². The maximum atomic E-state index is 14.6. The highest BCUT2D eigenvalue weighted by Gasteiger charge is 2.77. The number of benzene rings is 1. The molecular formula is C29H40N2O5S. The molecule has 2 bridgehead atoms. The number of fused-ring (bicyclic) bond motifs is 1. The molecule has 3 saturated heterocycles. The van der Waals surface area contributed by atoms with Gasteiger partial charge < -0.3 is 19.6 Å². The van der Waals surface area contributed by atoms with Gasteiger partial charge in [-0.2, -0.15) is 0 Å². The zero-order valence-corrected chi connectivity index (χ0v) is 23.3. The molecule has 2 amide bonds. The second-order valence-corrected chi connectivity index (χ2v) is 12.7. The minimum Gasteiger partial charge on any atom is -0.466 e. The molecule has 4 rings (SSSR count). The Kier molecular flexibility index (Phi) is 8.10. The Balaban J connectivity index is 1.78. The average molecular weight is 529 g/mol. The van der Waals surface area contributed by atoms with Crippen molar-refractivity contribution in [2.24, 2.45) is 11.8 Å². The van der Waals surface area contributed by atoms with Crippen molar-refractivity contribution >= 4 is 35.2 Å². The fourth-order valence-electron chi connectivity index (χ4n) is 6.70. The van der Waals surface area contributed by atoms with E-state index in [0.717, 1.165) is 29.7 Å². The van der Waals surface area contributed by atoms with Crippen LogP contribution in [0.15, 0.2) is 30.9 Å². The van der Waals surface area contributed by atoms with Crippen LogP contribution >= 0.6 is 11.8 Å². The van der Waals surface area contributed by atoms with Crippen molar-refractivity contribution in [1.82, 2.24) is 4.90 Å². The van der Waals surface area contributed by atoms with Gasteiger partial charge in [0.05, 0.1) is 23.2 Å². The van der Waals surface area contributed by atoms with Crippen LogP contribution in [-0.2, 0) is 19.1 Å². The summed E-state index contributed by atoms with van der Waals surface area (Å²) in [5, 5.41) is 9.24. The van der Waals surface area contributed by atoms with Gasteiger partial charge in [-0.05, 0) is 77.0 Å². The quantitative estimate of drug-likeness (QED) is 0.265. The van der Waals surface area contributed by atoms with Crippen molar-refractivity contribution in [1.29, 1.82) is 0 Å². The third-order valence-electron chi connectivity index (χ3n) is 8.34. The van der Waals surface area contributed by atoms with Crippen molar-refractivity contribution in [3.63, 3.8) is 0 Å². The number of thioether (sulfide) groups is 1. The molecule has 1 aromatic rings. The number of aliphatic hydroxyl groups is 1. The Bertz CT molecular complexity index is 1080. The third kappa shape index (κ3) is 4.60. The predicted octanol–water partition coefficient (Wildman–Crippen LogP) is 4.03. The Morgan fingerprint density at radius 1 is 1.27 bits per heavy atom. The van der Waals surface area contributed by atoms with Gasteiger partial charge in [-0.1, -0.05) is 18.2 Å². The number of anilines is 1. The fraction of sp³-hybridized carbons (Fsp3) is 0.621. The van der Waals surface area contributed by atoms with Crippen molar-refractivity contribution in [3.8, 4) is 0 Å². The van der Waals surface area contributed by atoms with E-state index in [1.54, 1.807) is 34.6 Å². The first kappa shape index (κ1) is 27.7. The Morgan fingerprint density at radius 3 is 2.70 bits per heavy atom. The van der Waals surface area contributed by atoms with Crippen LogP contribution in [0.25, 0.3) is 0 Å². The largest absolute Gasteiger partial charge is 0.466 e. The van der Waals surface area contributed by atoms with E-state index < -0.39 is 27.4 Å². The number of rotatable bonds is 11. The summed E-state index contributed by atoms with van der Waals surface area (Å²) < 4.78 is 4.36. The lowest BCUT2D eigenvalue weighted by Gasteiger charge is -2.37. The third-order valence-corrected chi connectivity index (χ3v) is 10.3. The van der Waals surface area contributed by atoms with Crippen molar-refractivity contribution in [2.75, 3.05) is 31.2 Å². The number of aliphatic hydroxyl groups excluding tert-OH is 1. The fourth-order valence-corrected chi connectivity index (χ4v) is 9.04. The molecule has 1 spiro atoms. The van der Waals surface area contributed by atoms with Gasteiger partial charge >= 0.3 is 5.97 Å². The molecule has 37 heavy (non-hydrogen) atoms. The molecule has 3 aliphatic rings. The summed E-state index contributed by atoms with van der Waals surface area (Å²) in [5.74, 6) is -1.71. The average Bonchev–Trinajstić information content (AvgIpc) is 3.42. The summed E-state index contributed by atoms with van der Waals surface area (Å²) in [4.78, 5) is 45.4. The van der Waals surface area contributed by atoms with Gasteiger partial charge in [0, 0.05) is 30.1 Å². The molecule has 3 fully saturated rings. The van der Waals surface area contributed by atoms with Gasteiger partial charge in [0.1, 0.15) is 6.04 Å². The van der Waals surface area contributed by atoms with E-state index in [0.29, 0.717) is 32.4 Å². The summed E-state index contributed by atoms with van der Waals surface area (Å²) in [7, 11) is 0. The second kappa shape index (κ2) is 10.8. The minimum absolute atomic E-state index is 0.0990. The predicted molar refractivity (Wildman–Crippen MR) is 146 cm³/mol. The number of carbonyl (C=O) groups is 3. The Morgan fingerprint density at radius 2 is 2.03 bits per heavy atom. The zero-order chi connectivity index (χ0) is 27.0. The number of likely N-dealkylation sites (tertiary alicyclic amines) is 1. The topological polar surface area (TPSA) is 87.2 Å². The number of hydrogen-bond acceptors (Lipinski definition) is 6. The zero-order valence-electron chi connectivity index (χ0n) is 22.5. The monoisotopic (exact) mass is 528 g/mol. The van der Waals surface area contributed by atoms with E-state index in [2.05, 4.69) is 13.5 Å². The van der Waals surface area contributed by atoms with E-state index >= 15 is 0 Å². The lowest BCUT2D eigenvalue weighted by molar-refractivity contribution is -0.155. The molecule has 5 atom stereocenters. The van der Waals surface area contributed by atoms with E-state index in [-0.39, 0.29) is 31.0 Å². The van der Waals surface area contributed by atoms with Crippen LogP contribution in [0.3, 0.4) is 0 Å². The highest BCUT2D eigenvalue weighted by molar-refractivity contribution is 8.02. The number of aryl methyl sites for hydroxylation is 2. The number of nitrogens with zero attached hydrogens (tertiary/aromatic N) is 2. The van der Waals surface area contributed by atoms with Crippen molar-refractivity contribution in [2.45, 2.75) is 75.3 Å². The Labute approximate surface area is 224 Å². The first-order valence-corrected chi connectivity index (χ1v) is 14.2. The minimum atomic E-state index is -0.676. The summed E-state index contributed by atoms with van der Waals surface area (Å²) in [6.45, 7) is 12.8. The lowest BCUT2D eigenvalue weighted by atomic mass is 9.66. The first-order chi connectivity index (χ1) is 17.6. The molecule has 7 nitrogen and oxygen atoms in total. The smallest absolute Gasteiger partial charge is 0.311 e. The number of hydrogen-bond donors (Lipinski definition) is 1. The molecule has 1 N–H and O–H groups in total. The van der Waals surface area contributed by atoms with E-state index in [1.165, 1.54) is 0 Å². The first-order valence-electron chi connectivity index (χ1n) is 13.4. The standard InChI is InChI=1S/C29H40N2O5S/c1-6-15-30(21-18-19(3)11-12-20(21)4)26(34)24-29-14-13-28(5,37-29)23(27(35)36-7-2)22(29)25(33)31(24)16-9-8-10-17-32/h6,11-12,18,22-24,32H,1,7-10,13-17H2,2-5H3/t22-,23-,24?,28+,29?/m0/s1. The summed E-state index contributed by atoms with van der Waals surface area (Å²) in [5.41, 5.74) is 2.85. The molecule has 1 aromatic carbocycles. The van der Waals surface area contributed by atoms with Crippen LogP contribution in [-0.4, -0.2) is 69.6 Å². The second-order valence-electron chi connectivity index (χ2n) is 10.8. The van der Waals surface area contributed by atoms with Crippen LogP contribution in [0.2, 0.25) is 0 Å². The van der Waals surface area contributed by atoms with Gasteiger partial charge in [0.2, 0.25) is 5.91 Å². The van der Waals surface area contributed by atoms with Gasteiger partial charge in [-0.25, -0.2) is 0 Å². The summed E-state index contributed by atoms with van der Waals surface area (Å²) in [6, 6.07) is 5.37. The van der Waals surface area contributed by atoms with Crippen LogP contribution in [0.4, 0.5) is 5.69 Å². The highest BCUT2D eigenvalue weighted by Crippen LogP contribution is 2.71. The van der Waals surface area contributed by atoms with Gasteiger partial charge in [0.15, 0.2) is 0 Å². The number of esters is 1. The summed E-state index contributed by atoms with van der Waals surface area (Å²) >= 11 is 1.66. The van der Waals surface area contributed by atoms with Gasteiger partial charge in [-0.15, -0.1) is 18.3 Å². The molecule has 202 valence electrons. The van der Waals surface area contributed by atoms with Crippen LogP contribution in [0.5, 0.6) is 0 Å². The molecule has 0 aromatic heterocycles. The molecule has 0 aliphatic carbocycles. The number of carbonyl (C=O) groups excluding carboxylic acids is 3. The van der Waals surface area contributed by atoms with E-state index in [1.807, 2.05) is 32.0 Å². The maximum Gasteiger partial charge on any atom is 0.311 e. The van der Waals surface area contributed by atoms with Crippen molar-refractivity contribution in [3.05, 3.63) is 42.0 Å². The van der Waals surface area contributed by atoms with Gasteiger partial charge in [-0.3, -0.25) is 14.4 Å². The molecule has 8 heteroatoms. The number of ether oxygens (including phenoxy) is 1. The number of unbranched alkanes of at least 4 members (excludes halogenated alkanes) is 2. The maximum absolute atomic E-state index is 14.6. The molecule has 3 heterocycles. The lowest BCUT2D eigenvalue weighted by Crippen LogP contribution is -2.55. The Hall–Kier alpha value is -2.32. The van der Waals surface area contributed by atoms with E-state index in [9.17, 15) is 19.5 Å². The van der Waals surface area contributed by atoms with Crippen LogP contribution in [0, 0.1) is 25.7 Å². The normalized spacial score (nSPS) is 29.9. The van der Waals surface area contributed by atoms with Gasteiger partial charge in [0.25, 0.3) is 5.91 Å². The molecule has 2 unspecified atom stereocenters. The van der Waals surface area contributed by atoms with Crippen LogP contribution in [0.1, 0.15) is 57.1 Å². The summed E-state index contributed by atoms with van der Waals surface area (Å²) in [6.07, 6.45) is 5.29. The molecule has 3 aliphatic heterocycles.